The molecule has 4 rings (SSSR count). The molecule has 5 heteroatoms. The van der Waals surface area contributed by atoms with Crippen LogP contribution in [0, 0.1) is 0 Å². The van der Waals surface area contributed by atoms with Crippen molar-refractivity contribution in [3.05, 3.63) is 45.1 Å². The molecule has 0 unspecified atom stereocenters. The Labute approximate surface area is 144 Å². The third-order valence-electron chi connectivity index (χ3n) is 4.47. The number of aromatic amines is 1. The standard InChI is InChI=1S/C19H20N2O2S/c1-2-3-11-23-13-9-7-12(8-10-13)17-20-18(22)16-14-5-4-6-15(14)24-19(16)21-17/h7-10H,2-6,11H2,1H3,(H,20,21,22). The van der Waals surface area contributed by atoms with E-state index in [1.54, 1.807) is 11.3 Å². The molecule has 1 aliphatic rings. The first-order chi connectivity index (χ1) is 11.8. The van der Waals surface area contributed by atoms with Gasteiger partial charge in [-0.2, -0.15) is 0 Å². The van der Waals surface area contributed by atoms with Crippen molar-refractivity contribution < 1.29 is 4.74 Å². The number of aromatic nitrogens is 2. The molecule has 0 radical (unpaired) electrons. The molecule has 0 atom stereocenters. The quantitative estimate of drug-likeness (QED) is 0.704. The van der Waals surface area contributed by atoms with Crippen molar-refractivity contribution in [2.75, 3.05) is 6.61 Å². The van der Waals surface area contributed by atoms with E-state index in [2.05, 4.69) is 11.9 Å². The largest absolute Gasteiger partial charge is 0.494 e. The molecule has 24 heavy (non-hydrogen) atoms. The van der Waals surface area contributed by atoms with Crippen LogP contribution < -0.4 is 10.3 Å². The van der Waals surface area contributed by atoms with E-state index in [1.165, 1.54) is 10.4 Å². The maximum absolute atomic E-state index is 12.5. The number of nitrogens with zero attached hydrogens (tertiary/aromatic N) is 1. The van der Waals surface area contributed by atoms with Crippen LogP contribution in [-0.2, 0) is 12.8 Å². The van der Waals surface area contributed by atoms with Gasteiger partial charge in [0, 0.05) is 10.4 Å². The van der Waals surface area contributed by atoms with E-state index < -0.39 is 0 Å². The van der Waals surface area contributed by atoms with Gasteiger partial charge >= 0.3 is 0 Å². The molecule has 0 saturated heterocycles. The number of aryl methyl sites for hydroxylation is 2. The smallest absolute Gasteiger partial charge is 0.260 e. The summed E-state index contributed by atoms with van der Waals surface area (Å²) in [5.74, 6) is 1.48. The summed E-state index contributed by atoms with van der Waals surface area (Å²) in [5, 5.41) is 0.802. The zero-order valence-corrected chi connectivity index (χ0v) is 14.5. The maximum atomic E-state index is 12.5. The Morgan fingerprint density at radius 1 is 1.25 bits per heavy atom. The minimum absolute atomic E-state index is 0.0160. The minimum Gasteiger partial charge on any atom is -0.494 e. The number of fused-ring (bicyclic) bond motifs is 3. The zero-order valence-electron chi connectivity index (χ0n) is 13.7. The van der Waals surface area contributed by atoms with Crippen molar-refractivity contribution in [3.8, 4) is 17.1 Å². The second-order valence-corrected chi connectivity index (χ2v) is 7.26. The van der Waals surface area contributed by atoms with E-state index in [0.29, 0.717) is 5.82 Å². The zero-order chi connectivity index (χ0) is 16.5. The fourth-order valence-electron chi connectivity index (χ4n) is 3.18. The molecule has 1 aliphatic carbocycles. The molecule has 0 saturated carbocycles. The maximum Gasteiger partial charge on any atom is 0.260 e. The van der Waals surface area contributed by atoms with Crippen molar-refractivity contribution >= 4 is 21.6 Å². The summed E-state index contributed by atoms with van der Waals surface area (Å²) in [6, 6.07) is 7.77. The Bertz CT molecular complexity index is 925. The van der Waals surface area contributed by atoms with Crippen LogP contribution in [0.2, 0.25) is 0 Å². The van der Waals surface area contributed by atoms with Gasteiger partial charge in [-0.15, -0.1) is 11.3 Å². The van der Waals surface area contributed by atoms with Crippen LogP contribution in [-0.4, -0.2) is 16.6 Å². The van der Waals surface area contributed by atoms with Gasteiger partial charge in [0.1, 0.15) is 16.4 Å². The number of nitrogens with one attached hydrogen (secondary N) is 1. The van der Waals surface area contributed by atoms with Crippen molar-refractivity contribution in [1.29, 1.82) is 0 Å². The molecule has 2 aromatic heterocycles. The average Bonchev–Trinajstić information content (AvgIpc) is 3.16. The highest BCUT2D eigenvalue weighted by Gasteiger charge is 2.21. The Balaban J connectivity index is 1.65. The summed E-state index contributed by atoms with van der Waals surface area (Å²) in [5.41, 5.74) is 2.11. The van der Waals surface area contributed by atoms with Gasteiger partial charge in [-0.05, 0) is 55.5 Å². The number of thiophene rings is 1. The monoisotopic (exact) mass is 340 g/mol. The summed E-state index contributed by atoms with van der Waals surface area (Å²) in [7, 11) is 0. The second-order valence-electron chi connectivity index (χ2n) is 6.18. The number of unbranched alkanes of at least 4 members (excludes halogenated alkanes) is 1. The SMILES string of the molecule is CCCCOc1ccc(-c2nc3sc4c(c3c(=O)[nH]2)CCC4)cc1. The molecule has 0 spiro atoms. The van der Waals surface area contributed by atoms with Crippen LogP contribution in [0.3, 0.4) is 0 Å². The van der Waals surface area contributed by atoms with E-state index in [-0.39, 0.29) is 5.56 Å². The van der Waals surface area contributed by atoms with E-state index in [1.807, 2.05) is 24.3 Å². The third-order valence-corrected chi connectivity index (χ3v) is 5.66. The van der Waals surface area contributed by atoms with Crippen LogP contribution >= 0.6 is 11.3 Å². The number of hydrogen-bond acceptors (Lipinski definition) is 4. The molecule has 0 aliphatic heterocycles. The summed E-state index contributed by atoms with van der Waals surface area (Å²) >= 11 is 1.67. The summed E-state index contributed by atoms with van der Waals surface area (Å²) < 4.78 is 5.68. The second kappa shape index (κ2) is 6.40. The molecule has 4 nitrogen and oxygen atoms in total. The predicted molar refractivity (Wildman–Crippen MR) is 98.1 cm³/mol. The number of hydrogen-bond donors (Lipinski definition) is 1. The molecule has 0 amide bonds. The van der Waals surface area contributed by atoms with Gasteiger partial charge in [-0.3, -0.25) is 4.79 Å². The fourth-order valence-corrected chi connectivity index (χ4v) is 4.44. The molecule has 2 heterocycles. The van der Waals surface area contributed by atoms with Crippen LogP contribution in [0.15, 0.2) is 29.1 Å². The molecular formula is C19H20N2O2S. The normalized spacial score (nSPS) is 13.4. The molecular weight excluding hydrogens is 320 g/mol. The number of benzene rings is 1. The minimum atomic E-state index is -0.0160. The number of H-pyrrole nitrogens is 1. The molecule has 3 aromatic rings. The Morgan fingerprint density at radius 3 is 2.88 bits per heavy atom. The van der Waals surface area contributed by atoms with E-state index >= 15 is 0 Å². The lowest BCUT2D eigenvalue weighted by atomic mass is 10.2. The average molecular weight is 340 g/mol. The first kappa shape index (κ1) is 15.4. The van der Waals surface area contributed by atoms with Crippen LogP contribution in [0.25, 0.3) is 21.6 Å². The van der Waals surface area contributed by atoms with Crippen LogP contribution in [0.4, 0.5) is 0 Å². The Morgan fingerprint density at radius 2 is 2.08 bits per heavy atom. The molecule has 0 bridgehead atoms. The van der Waals surface area contributed by atoms with Crippen molar-refractivity contribution in [2.45, 2.75) is 39.0 Å². The third kappa shape index (κ3) is 2.73. The van der Waals surface area contributed by atoms with Gasteiger partial charge in [-0.1, -0.05) is 13.3 Å². The van der Waals surface area contributed by atoms with Gasteiger partial charge < -0.3 is 9.72 Å². The lowest BCUT2D eigenvalue weighted by molar-refractivity contribution is 0.309. The summed E-state index contributed by atoms with van der Waals surface area (Å²) in [6.07, 6.45) is 5.40. The molecule has 1 aromatic carbocycles. The van der Waals surface area contributed by atoms with E-state index in [4.69, 9.17) is 9.72 Å². The van der Waals surface area contributed by atoms with E-state index in [9.17, 15) is 4.79 Å². The van der Waals surface area contributed by atoms with Gasteiger partial charge in [0.15, 0.2) is 0 Å². The van der Waals surface area contributed by atoms with E-state index in [0.717, 1.165) is 60.2 Å². The van der Waals surface area contributed by atoms with Crippen molar-refractivity contribution in [3.63, 3.8) is 0 Å². The van der Waals surface area contributed by atoms with Gasteiger partial charge in [0.2, 0.25) is 0 Å². The summed E-state index contributed by atoms with van der Waals surface area (Å²) in [4.78, 5) is 22.4. The highest BCUT2D eigenvalue weighted by molar-refractivity contribution is 7.18. The first-order valence-corrected chi connectivity index (χ1v) is 9.35. The molecule has 0 fully saturated rings. The predicted octanol–water partition coefficient (Wildman–Crippen LogP) is 4.32. The molecule has 124 valence electrons. The van der Waals surface area contributed by atoms with Gasteiger partial charge in [-0.25, -0.2) is 4.98 Å². The number of ether oxygens (including phenoxy) is 1. The van der Waals surface area contributed by atoms with Crippen LogP contribution in [0.5, 0.6) is 5.75 Å². The van der Waals surface area contributed by atoms with Crippen molar-refractivity contribution in [1.82, 2.24) is 9.97 Å². The Kier molecular flexibility index (Phi) is 4.10. The van der Waals surface area contributed by atoms with Gasteiger partial charge in [0.05, 0.1) is 12.0 Å². The lowest BCUT2D eigenvalue weighted by Crippen LogP contribution is -2.09. The fraction of sp³-hybridized carbons (Fsp3) is 0.368. The summed E-state index contributed by atoms with van der Waals surface area (Å²) in [6.45, 7) is 2.88. The highest BCUT2D eigenvalue weighted by Crippen LogP contribution is 2.35. The molecule has 1 N–H and O–H groups in total. The first-order valence-electron chi connectivity index (χ1n) is 8.54. The topological polar surface area (TPSA) is 55.0 Å². The highest BCUT2D eigenvalue weighted by atomic mass is 32.1. The lowest BCUT2D eigenvalue weighted by Gasteiger charge is -2.06. The Hall–Kier alpha value is -2.14. The van der Waals surface area contributed by atoms with Gasteiger partial charge in [0.25, 0.3) is 5.56 Å². The van der Waals surface area contributed by atoms with Crippen molar-refractivity contribution in [2.24, 2.45) is 0 Å². The van der Waals surface area contributed by atoms with Crippen LogP contribution in [0.1, 0.15) is 36.6 Å². The number of rotatable bonds is 5.